The monoisotopic (exact) mass is 677 g/mol. The molecule has 1 aromatic heterocycles. The zero-order valence-electron chi connectivity index (χ0n) is 27.5. The molecule has 1 saturated heterocycles. The maximum Gasteiger partial charge on any atom is 0.352 e. The molecule has 3 heterocycles. The van der Waals surface area contributed by atoms with E-state index in [1.807, 2.05) is 91.0 Å². The van der Waals surface area contributed by atoms with Crippen LogP contribution in [0.1, 0.15) is 29.8 Å². The molecule has 256 valence electrons. The van der Waals surface area contributed by atoms with E-state index >= 15 is 0 Å². The number of methoxy groups -OCH3 is 2. The Bertz CT molecular complexity index is 1990. The Morgan fingerprint density at radius 1 is 0.860 bits per heavy atom. The summed E-state index contributed by atoms with van der Waals surface area (Å²) in [6, 6.07) is 31.9. The second kappa shape index (κ2) is 13.7. The van der Waals surface area contributed by atoms with Crippen LogP contribution in [0, 0.1) is 0 Å². The highest BCUT2D eigenvalue weighted by molar-refractivity contribution is 5.72. The minimum atomic E-state index is -1.38. The standard InChI is InChI=1S/C38H35N3O9/c1-23(42)48-34-33(43)32(50-36(34)41-21-31-35(40-37(41)44)39-29-11-7-8-12-30(29)49-31)22-47-38(24-9-5-4-6-10-24,25-13-17-27(45-2)18-14-25)26-15-19-28(46-3)20-16-26/h4-21,32-34,36,43H,22H2,1-3H3,(H,39,40,44)/t32-,33-,34-,36-/m1/s1. The van der Waals surface area contributed by atoms with Gasteiger partial charge in [-0.2, -0.15) is 4.98 Å². The van der Waals surface area contributed by atoms with E-state index in [0.717, 1.165) is 21.3 Å². The third-order valence-corrected chi connectivity index (χ3v) is 8.80. The van der Waals surface area contributed by atoms with Gasteiger partial charge in [0.1, 0.15) is 29.3 Å². The lowest BCUT2D eigenvalue weighted by Crippen LogP contribution is -2.41. The second-order valence-corrected chi connectivity index (χ2v) is 11.8. The SMILES string of the molecule is COc1ccc(C(OC[C@H]2O[C@@H](n3cc4c(nc3=O)Nc3ccccc3O4)[C@H](OC(C)=O)[C@@H]2O)(c2ccccc2)c2ccc(OC)cc2)cc1. The first kappa shape index (κ1) is 32.8. The molecule has 4 aromatic carbocycles. The molecule has 12 heteroatoms. The van der Waals surface area contributed by atoms with Crippen LogP contribution in [0.5, 0.6) is 23.0 Å². The van der Waals surface area contributed by atoms with Crippen LogP contribution in [0.4, 0.5) is 11.5 Å². The second-order valence-electron chi connectivity index (χ2n) is 11.8. The van der Waals surface area contributed by atoms with E-state index in [9.17, 15) is 14.7 Å². The number of para-hydroxylation sites is 2. The number of hydrogen-bond donors (Lipinski definition) is 2. The summed E-state index contributed by atoms with van der Waals surface area (Å²) in [6.07, 6.45) is -3.52. The average molecular weight is 678 g/mol. The molecule has 50 heavy (non-hydrogen) atoms. The van der Waals surface area contributed by atoms with Gasteiger partial charge >= 0.3 is 11.7 Å². The first-order valence-corrected chi connectivity index (χ1v) is 16.0. The topological polar surface area (TPSA) is 140 Å². The van der Waals surface area contributed by atoms with Gasteiger partial charge in [0.2, 0.25) is 0 Å². The van der Waals surface area contributed by atoms with Crippen molar-refractivity contribution in [2.24, 2.45) is 0 Å². The predicted molar refractivity (Wildman–Crippen MR) is 182 cm³/mol. The molecular formula is C38H35N3O9. The molecule has 12 nitrogen and oxygen atoms in total. The Labute approximate surface area is 287 Å². The number of nitrogens with zero attached hydrogens (tertiary/aromatic N) is 2. The Kier molecular flexibility index (Phi) is 8.98. The molecule has 0 aliphatic carbocycles. The van der Waals surface area contributed by atoms with E-state index in [-0.39, 0.29) is 18.2 Å². The smallest absolute Gasteiger partial charge is 0.352 e. The molecule has 0 spiro atoms. The Morgan fingerprint density at radius 2 is 1.46 bits per heavy atom. The molecule has 0 saturated carbocycles. The van der Waals surface area contributed by atoms with Gasteiger partial charge in [0.05, 0.1) is 32.7 Å². The van der Waals surface area contributed by atoms with Crippen molar-refractivity contribution in [1.29, 1.82) is 0 Å². The van der Waals surface area contributed by atoms with Gasteiger partial charge in [-0.25, -0.2) is 4.79 Å². The summed E-state index contributed by atoms with van der Waals surface area (Å²) in [6.45, 7) is 1.04. The van der Waals surface area contributed by atoms with Gasteiger partial charge < -0.3 is 38.8 Å². The highest BCUT2D eigenvalue weighted by Crippen LogP contribution is 2.44. The average Bonchev–Trinajstić information content (AvgIpc) is 3.44. The number of hydrogen-bond acceptors (Lipinski definition) is 11. The number of nitrogens with one attached hydrogen (secondary N) is 1. The van der Waals surface area contributed by atoms with Gasteiger partial charge in [-0.15, -0.1) is 0 Å². The van der Waals surface area contributed by atoms with E-state index in [1.54, 1.807) is 26.4 Å². The maximum absolute atomic E-state index is 13.4. The molecule has 0 amide bonds. The van der Waals surface area contributed by atoms with Crippen molar-refractivity contribution >= 4 is 17.5 Å². The Hall–Kier alpha value is -5.69. The van der Waals surface area contributed by atoms with Crippen LogP contribution in [-0.2, 0) is 24.6 Å². The zero-order chi connectivity index (χ0) is 34.8. The molecule has 2 aliphatic rings. The third-order valence-electron chi connectivity index (χ3n) is 8.80. The van der Waals surface area contributed by atoms with Crippen LogP contribution in [0.25, 0.3) is 0 Å². The number of anilines is 2. The summed E-state index contributed by atoms with van der Waals surface area (Å²) in [5, 5.41) is 14.7. The van der Waals surface area contributed by atoms with Crippen LogP contribution >= 0.6 is 0 Å². The maximum atomic E-state index is 13.4. The lowest BCUT2D eigenvalue weighted by molar-refractivity contribution is -0.156. The van der Waals surface area contributed by atoms with Crippen LogP contribution in [0.2, 0.25) is 0 Å². The van der Waals surface area contributed by atoms with E-state index < -0.39 is 41.8 Å². The number of fused-ring (bicyclic) bond motifs is 2. The molecule has 5 aromatic rings. The molecule has 0 radical (unpaired) electrons. The van der Waals surface area contributed by atoms with Gasteiger partial charge in [0.15, 0.2) is 29.6 Å². The molecule has 7 rings (SSSR count). The largest absolute Gasteiger partial charge is 0.497 e. The summed E-state index contributed by atoms with van der Waals surface area (Å²) in [4.78, 5) is 29.9. The Balaban J connectivity index is 1.26. The summed E-state index contributed by atoms with van der Waals surface area (Å²) in [5.41, 5.74) is 1.09. The van der Waals surface area contributed by atoms with Crippen LogP contribution in [0.3, 0.4) is 0 Å². The van der Waals surface area contributed by atoms with Gasteiger partial charge in [-0.05, 0) is 53.1 Å². The lowest BCUT2D eigenvalue weighted by atomic mass is 9.80. The summed E-state index contributed by atoms with van der Waals surface area (Å²) in [5.74, 6) is 1.68. The molecular weight excluding hydrogens is 642 g/mol. The van der Waals surface area contributed by atoms with Gasteiger partial charge in [0, 0.05) is 6.92 Å². The summed E-state index contributed by atoms with van der Waals surface area (Å²) in [7, 11) is 3.19. The normalized spacial score (nSPS) is 19.4. The fraction of sp³-hybridized carbons (Fsp3) is 0.237. The number of aliphatic hydroxyl groups excluding tert-OH is 1. The third kappa shape index (κ3) is 6.04. The molecule has 2 aliphatic heterocycles. The van der Waals surface area contributed by atoms with Crippen molar-refractivity contribution in [1.82, 2.24) is 9.55 Å². The molecule has 0 unspecified atom stereocenters. The van der Waals surface area contributed by atoms with E-state index in [0.29, 0.717) is 22.9 Å². The van der Waals surface area contributed by atoms with Crippen molar-refractivity contribution < 1.29 is 38.3 Å². The molecule has 2 N–H and O–H groups in total. The van der Waals surface area contributed by atoms with Crippen LogP contribution in [-0.4, -0.2) is 59.8 Å². The van der Waals surface area contributed by atoms with Crippen LogP contribution in [0.15, 0.2) is 114 Å². The van der Waals surface area contributed by atoms with Gasteiger partial charge in [0.25, 0.3) is 0 Å². The van der Waals surface area contributed by atoms with Crippen molar-refractivity contribution in [3.8, 4) is 23.0 Å². The summed E-state index contributed by atoms with van der Waals surface area (Å²) < 4.78 is 36.9. The molecule has 0 bridgehead atoms. The Morgan fingerprint density at radius 3 is 2.08 bits per heavy atom. The van der Waals surface area contributed by atoms with E-state index in [2.05, 4.69) is 10.3 Å². The number of ether oxygens (including phenoxy) is 6. The number of esters is 1. The van der Waals surface area contributed by atoms with Crippen molar-refractivity contribution in [2.45, 2.75) is 37.1 Å². The molecule has 1 fully saturated rings. The number of benzene rings is 4. The zero-order valence-corrected chi connectivity index (χ0v) is 27.5. The fourth-order valence-electron chi connectivity index (χ4n) is 6.38. The van der Waals surface area contributed by atoms with Crippen molar-refractivity contribution in [3.05, 3.63) is 136 Å². The van der Waals surface area contributed by atoms with E-state index in [1.165, 1.54) is 13.1 Å². The first-order chi connectivity index (χ1) is 24.3. The predicted octanol–water partition coefficient (Wildman–Crippen LogP) is 5.31. The number of aliphatic hydroxyl groups is 1. The summed E-state index contributed by atoms with van der Waals surface area (Å²) >= 11 is 0. The first-order valence-electron chi connectivity index (χ1n) is 16.0. The number of carbonyl (C=O) groups is 1. The highest BCUT2D eigenvalue weighted by Gasteiger charge is 2.49. The van der Waals surface area contributed by atoms with Gasteiger partial charge in [-0.1, -0.05) is 66.7 Å². The highest BCUT2D eigenvalue weighted by atomic mass is 16.6. The van der Waals surface area contributed by atoms with Gasteiger partial charge in [-0.3, -0.25) is 9.36 Å². The quantitative estimate of drug-likeness (QED) is 0.144. The minimum Gasteiger partial charge on any atom is -0.497 e. The van der Waals surface area contributed by atoms with Crippen LogP contribution < -0.4 is 25.2 Å². The minimum absolute atomic E-state index is 0.180. The molecule has 4 atom stereocenters. The number of rotatable bonds is 10. The number of aromatic nitrogens is 2. The van der Waals surface area contributed by atoms with Crippen molar-refractivity contribution in [3.63, 3.8) is 0 Å². The van der Waals surface area contributed by atoms with E-state index in [4.69, 9.17) is 28.4 Å². The fourth-order valence-corrected chi connectivity index (χ4v) is 6.38. The van der Waals surface area contributed by atoms with Crippen molar-refractivity contribution in [2.75, 3.05) is 26.1 Å². The lowest BCUT2D eigenvalue weighted by Gasteiger charge is -2.37. The number of carbonyl (C=O) groups excluding carboxylic acids is 1.